The van der Waals surface area contributed by atoms with Crippen molar-refractivity contribution in [2.75, 3.05) is 6.61 Å². The number of rotatable bonds is 5. The number of nitrogens with one attached hydrogen (secondary N) is 2. The summed E-state index contributed by atoms with van der Waals surface area (Å²) < 4.78 is 6.07. The number of hydrogen-bond acceptors (Lipinski definition) is 5. The highest BCUT2D eigenvalue weighted by Gasteiger charge is 2.09. The first-order valence-electron chi connectivity index (χ1n) is 6.68. The lowest BCUT2D eigenvalue weighted by molar-refractivity contribution is -0.384. The molecular formula is C15H12IN3O5. The van der Waals surface area contributed by atoms with Gasteiger partial charge in [-0.15, -0.1) is 0 Å². The Morgan fingerprint density at radius 2 is 1.83 bits per heavy atom. The van der Waals surface area contributed by atoms with E-state index in [1.165, 1.54) is 24.3 Å². The Balaban J connectivity index is 1.79. The third-order valence-electron chi connectivity index (χ3n) is 2.82. The van der Waals surface area contributed by atoms with Crippen molar-refractivity contribution in [2.24, 2.45) is 0 Å². The van der Waals surface area contributed by atoms with Crippen molar-refractivity contribution < 1.29 is 19.2 Å². The molecule has 2 amide bonds. The topological polar surface area (TPSA) is 111 Å². The first-order valence-corrected chi connectivity index (χ1v) is 7.75. The normalized spacial score (nSPS) is 9.88. The number of hydrogen-bond donors (Lipinski definition) is 2. The van der Waals surface area contributed by atoms with Crippen LogP contribution in [0.15, 0.2) is 48.5 Å². The lowest BCUT2D eigenvalue weighted by Crippen LogP contribution is -2.43. The van der Waals surface area contributed by atoms with Gasteiger partial charge in [-0.25, -0.2) is 0 Å². The smallest absolute Gasteiger partial charge is 0.276 e. The summed E-state index contributed by atoms with van der Waals surface area (Å²) in [5.41, 5.74) is 4.84. The Morgan fingerprint density at radius 3 is 2.46 bits per heavy atom. The van der Waals surface area contributed by atoms with E-state index < -0.39 is 16.7 Å². The molecule has 2 rings (SSSR count). The number of carbonyl (C=O) groups is 2. The fraction of sp³-hybridized carbons (Fsp3) is 0.0667. The van der Waals surface area contributed by atoms with Crippen LogP contribution >= 0.6 is 22.6 Å². The molecule has 0 aliphatic carbocycles. The van der Waals surface area contributed by atoms with Gasteiger partial charge in [-0.3, -0.25) is 30.6 Å². The molecule has 2 N–H and O–H groups in total. The molecule has 0 atom stereocenters. The fourth-order valence-corrected chi connectivity index (χ4v) is 2.22. The van der Waals surface area contributed by atoms with E-state index in [-0.39, 0.29) is 12.3 Å². The van der Waals surface area contributed by atoms with Crippen LogP contribution in [0.5, 0.6) is 5.75 Å². The van der Waals surface area contributed by atoms with Crippen molar-refractivity contribution in [3.63, 3.8) is 0 Å². The maximum Gasteiger partial charge on any atom is 0.276 e. The average Bonchev–Trinajstić information content (AvgIpc) is 2.58. The maximum atomic E-state index is 11.8. The van der Waals surface area contributed by atoms with Gasteiger partial charge >= 0.3 is 0 Å². The van der Waals surface area contributed by atoms with Gasteiger partial charge < -0.3 is 4.74 Å². The highest BCUT2D eigenvalue weighted by molar-refractivity contribution is 14.1. The zero-order valence-corrected chi connectivity index (χ0v) is 14.3. The first-order chi connectivity index (χ1) is 11.5. The zero-order valence-electron chi connectivity index (χ0n) is 12.2. The Kier molecular flexibility index (Phi) is 6.07. The van der Waals surface area contributed by atoms with Crippen LogP contribution in [0, 0.1) is 13.7 Å². The van der Waals surface area contributed by atoms with Crippen molar-refractivity contribution >= 4 is 40.1 Å². The molecule has 0 aliphatic heterocycles. The second-order valence-corrected chi connectivity index (χ2v) is 5.80. The number of ether oxygens (including phenoxy) is 1. The molecule has 0 saturated heterocycles. The van der Waals surface area contributed by atoms with E-state index in [9.17, 15) is 19.7 Å². The number of benzene rings is 2. The molecule has 2 aromatic carbocycles. The van der Waals surface area contributed by atoms with E-state index in [4.69, 9.17) is 4.74 Å². The van der Waals surface area contributed by atoms with Crippen LogP contribution in [0.4, 0.5) is 5.69 Å². The summed E-state index contributed by atoms with van der Waals surface area (Å²) in [5.74, 6) is -0.704. The molecule has 0 heterocycles. The van der Waals surface area contributed by atoms with Gasteiger partial charge in [0.25, 0.3) is 17.5 Å². The van der Waals surface area contributed by atoms with Gasteiger partial charge in [0.05, 0.1) is 4.92 Å². The van der Waals surface area contributed by atoms with Crippen molar-refractivity contribution in [2.45, 2.75) is 0 Å². The molecule has 0 fully saturated rings. The molecular weight excluding hydrogens is 429 g/mol. The van der Waals surface area contributed by atoms with Crippen LogP contribution in [-0.4, -0.2) is 23.3 Å². The number of carbonyl (C=O) groups excluding carboxylic acids is 2. The standard InChI is InChI=1S/C15H12IN3O5/c16-11-3-1-2-10(8-11)15(21)18-17-14(20)9-24-13-6-4-12(5-7-13)19(22)23/h1-8H,9H2,(H,17,20)(H,18,21). The van der Waals surface area contributed by atoms with Crippen molar-refractivity contribution in [1.29, 1.82) is 0 Å². The molecule has 0 spiro atoms. The summed E-state index contributed by atoms with van der Waals surface area (Å²) in [5, 5.41) is 10.5. The zero-order chi connectivity index (χ0) is 17.5. The van der Waals surface area contributed by atoms with Crippen molar-refractivity contribution in [3.8, 4) is 5.75 Å². The van der Waals surface area contributed by atoms with Crippen LogP contribution in [0.3, 0.4) is 0 Å². The van der Waals surface area contributed by atoms with E-state index in [0.717, 1.165) is 3.57 Å². The molecule has 9 heteroatoms. The van der Waals surface area contributed by atoms with E-state index >= 15 is 0 Å². The predicted molar refractivity (Wildman–Crippen MR) is 93.4 cm³/mol. The highest BCUT2D eigenvalue weighted by atomic mass is 127. The van der Waals surface area contributed by atoms with E-state index in [1.54, 1.807) is 18.2 Å². The molecule has 2 aromatic rings. The monoisotopic (exact) mass is 441 g/mol. The SMILES string of the molecule is O=C(COc1ccc([N+](=O)[O-])cc1)NNC(=O)c1cccc(I)c1. The third kappa shape index (κ3) is 5.19. The summed E-state index contributed by atoms with van der Waals surface area (Å²) in [4.78, 5) is 33.5. The third-order valence-corrected chi connectivity index (χ3v) is 3.49. The van der Waals surface area contributed by atoms with Crippen molar-refractivity contribution in [3.05, 3.63) is 67.8 Å². The molecule has 0 aliphatic rings. The van der Waals surface area contributed by atoms with Crippen molar-refractivity contribution in [1.82, 2.24) is 10.9 Å². The number of non-ortho nitro benzene ring substituents is 1. The Morgan fingerprint density at radius 1 is 1.12 bits per heavy atom. The number of nitro benzene ring substituents is 1. The molecule has 0 radical (unpaired) electrons. The van der Waals surface area contributed by atoms with Gasteiger partial charge in [0, 0.05) is 21.3 Å². The highest BCUT2D eigenvalue weighted by Crippen LogP contribution is 2.17. The minimum Gasteiger partial charge on any atom is -0.484 e. The number of halogens is 1. The summed E-state index contributed by atoms with van der Waals surface area (Å²) in [7, 11) is 0. The lowest BCUT2D eigenvalue weighted by atomic mass is 10.2. The molecule has 0 bridgehead atoms. The van der Waals surface area contributed by atoms with E-state index in [1.807, 2.05) is 6.07 Å². The van der Waals surface area contributed by atoms with Crippen LogP contribution in [-0.2, 0) is 4.79 Å². The summed E-state index contributed by atoms with van der Waals surface area (Å²) in [6.07, 6.45) is 0. The quantitative estimate of drug-likeness (QED) is 0.419. The molecule has 0 aromatic heterocycles. The molecule has 8 nitrogen and oxygen atoms in total. The van der Waals surface area contributed by atoms with Crippen LogP contribution in [0.2, 0.25) is 0 Å². The first kappa shape index (κ1) is 17.7. The van der Waals surface area contributed by atoms with Crippen LogP contribution < -0.4 is 15.6 Å². The Bertz CT molecular complexity index is 764. The second kappa shape index (κ2) is 8.24. The lowest BCUT2D eigenvalue weighted by Gasteiger charge is -2.09. The van der Waals surface area contributed by atoms with Gasteiger partial charge in [-0.2, -0.15) is 0 Å². The maximum absolute atomic E-state index is 11.8. The second-order valence-electron chi connectivity index (χ2n) is 4.55. The largest absolute Gasteiger partial charge is 0.484 e. The Hall–Kier alpha value is -2.69. The molecule has 124 valence electrons. The van der Waals surface area contributed by atoms with Gasteiger partial charge in [0.1, 0.15) is 5.75 Å². The summed E-state index contributed by atoms with van der Waals surface area (Å²) in [6, 6.07) is 12.2. The van der Waals surface area contributed by atoms with Crippen LogP contribution in [0.1, 0.15) is 10.4 Å². The summed E-state index contributed by atoms with van der Waals surface area (Å²) >= 11 is 2.08. The number of nitro groups is 1. The van der Waals surface area contributed by atoms with E-state index in [2.05, 4.69) is 33.4 Å². The minimum atomic E-state index is -0.563. The predicted octanol–water partition coefficient (Wildman–Crippen LogP) is 2.04. The molecule has 0 saturated carbocycles. The minimum absolute atomic E-state index is 0.0726. The van der Waals surface area contributed by atoms with Crippen LogP contribution in [0.25, 0.3) is 0 Å². The number of hydrazine groups is 1. The number of amides is 2. The Labute approximate surface area is 150 Å². The fourth-order valence-electron chi connectivity index (χ4n) is 1.68. The molecule has 0 unspecified atom stereocenters. The molecule has 24 heavy (non-hydrogen) atoms. The van der Waals surface area contributed by atoms with E-state index in [0.29, 0.717) is 11.3 Å². The van der Waals surface area contributed by atoms with Gasteiger partial charge in [0.2, 0.25) is 0 Å². The van der Waals surface area contributed by atoms with Gasteiger partial charge in [-0.05, 0) is 52.9 Å². The number of nitrogens with zero attached hydrogens (tertiary/aromatic N) is 1. The van der Waals surface area contributed by atoms with Gasteiger partial charge in [0.15, 0.2) is 6.61 Å². The summed E-state index contributed by atoms with van der Waals surface area (Å²) in [6.45, 7) is -0.343. The average molecular weight is 441 g/mol. The van der Waals surface area contributed by atoms with Gasteiger partial charge in [-0.1, -0.05) is 6.07 Å².